The zero-order valence-corrected chi connectivity index (χ0v) is 10.6. The molecule has 3 nitrogen and oxygen atoms in total. The maximum absolute atomic E-state index is 12.4. The van der Waals surface area contributed by atoms with Gasteiger partial charge in [-0.25, -0.2) is 0 Å². The summed E-state index contributed by atoms with van der Waals surface area (Å²) in [5.74, 6) is 0.158. The monoisotopic (exact) mass is 232 g/mol. The molecular weight excluding hydrogens is 212 g/mol. The molecule has 2 N–H and O–H groups in total. The first-order chi connectivity index (χ1) is 8.11. The Morgan fingerprint density at radius 2 is 1.76 bits per heavy atom. The third-order valence-corrected chi connectivity index (χ3v) is 3.70. The number of amides is 1. The molecule has 1 aliphatic heterocycles. The Labute approximate surface area is 103 Å². The smallest absolute Gasteiger partial charge is 0.254 e. The number of nitrogens with two attached hydrogens (primary N) is 1. The Balaban J connectivity index is 2.27. The van der Waals surface area contributed by atoms with E-state index in [0.717, 1.165) is 48.3 Å². The SMILES string of the molecule is Cc1c(N)ccc(C(=O)N2CCCCC2)c1C. The maximum Gasteiger partial charge on any atom is 0.254 e. The van der Waals surface area contributed by atoms with Crippen LogP contribution in [-0.4, -0.2) is 23.9 Å². The molecule has 1 aromatic carbocycles. The molecule has 3 heteroatoms. The van der Waals surface area contributed by atoms with Gasteiger partial charge in [0.2, 0.25) is 0 Å². The fourth-order valence-corrected chi connectivity index (χ4v) is 2.34. The molecule has 0 aliphatic carbocycles. The van der Waals surface area contributed by atoms with E-state index in [1.165, 1.54) is 6.42 Å². The molecule has 1 heterocycles. The summed E-state index contributed by atoms with van der Waals surface area (Å²) in [4.78, 5) is 14.3. The molecular formula is C14H20N2O. The number of carbonyl (C=O) groups is 1. The van der Waals surface area contributed by atoms with E-state index >= 15 is 0 Å². The van der Waals surface area contributed by atoms with Gasteiger partial charge in [0.1, 0.15) is 0 Å². The van der Waals surface area contributed by atoms with Crippen LogP contribution in [0.3, 0.4) is 0 Å². The number of carbonyl (C=O) groups excluding carboxylic acids is 1. The van der Waals surface area contributed by atoms with Crippen molar-refractivity contribution < 1.29 is 4.79 Å². The van der Waals surface area contributed by atoms with E-state index in [1.807, 2.05) is 30.9 Å². The molecule has 17 heavy (non-hydrogen) atoms. The lowest BCUT2D eigenvalue weighted by atomic mass is 10.00. The lowest BCUT2D eigenvalue weighted by molar-refractivity contribution is 0.0723. The standard InChI is InChI=1S/C14H20N2O/c1-10-11(2)13(15)7-6-12(10)14(17)16-8-4-3-5-9-16/h6-7H,3-5,8-9,15H2,1-2H3. The largest absolute Gasteiger partial charge is 0.399 e. The summed E-state index contributed by atoms with van der Waals surface area (Å²) in [6.45, 7) is 5.73. The first kappa shape index (κ1) is 12.0. The first-order valence-corrected chi connectivity index (χ1v) is 6.26. The van der Waals surface area contributed by atoms with Crippen LogP contribution in [0.15, 0.2) is 12.1 Å². The summed E-state index contributed by atoms with van der Waals surface area (Å²) < 4.78 is 0. The van der Waals surface area contributed by atoms with Gasteiger partial charge >= 0.3 is 0 Å². The van der Waals surface area contributed by atoms with Gasteiger partial charge in [-0.05, 0) is 56.4 Å². The van der Waals surface area contributed by atoms with E-state index in [9.17, 15) is 4.79 Å². The number of benzene rings is 1. The molecule has 0 bridgehead atoms. The summed E-state index contributed by atoms with van der Waals surface area (Å²) in [7, 11) is 0. The molecule has 1 fully saturated rings. The fourth-order valence-electron chi connectivity index (χ4n) is 2.34. The van der Waals surface area contributed by atoms with Gasteiger partial charge in [0, 0.05) is 24.3 Å². The zero-order chi connectivity index (χ0) is 12.4. The van der Waals surface area contributed by atoms with Crippen LogP contribution in [0, 0.1) is 13.8 Å². The van der Waals surface area contributed by atoms with E-state index in [4.69, 9.17) is 5.73 Å². The van der Waals surface area contributed by atoms with Crippen molar-refractivity contribution in [1.29, 1.82) is 0 Å². The molecule has 0 radical (unpaired) electrons. The molecule has 0 unspecified atom stereocenters. The van der Waals surface area contributed by atoms with Gasteiger partial charge in [-0.3, -0.25) is 4.79 Å². The predicted molar refractivity (Wildman–Crippen MR) is 70.1 cm³/mol. The van der Waals surface area contributed by atoms with Gasteiger partial charge in [-0.15, -0.1) is 0 Å². The number of likely N-dealkylation sites (tertiary alicyclic amines) is 1. The third-order valence-electron chi connectivity index (χ3n) is 3.70. The van der Waals surface area contributed by atoms with Crippen LogP contribution >= 0.6 is 0 Å². The van der Waals surface area contributed by atoms with Gasteiger partial charge in [-0.1, -0.05) is 0 Å². The summed E-state index contributed by atoms with van der Waals surface area (Å²) >= 11 is 0. The third kappa shape index (κ3) is 2.28. The Hall–Kier alpha value is -1.51. The summed E-state index contributed by atoms with van der Waals surface area (Å²) in [6.07, 6.45) is 3.49. The van der Waals surface area contributed by atoms with Crippen molar-refractivity contribution in [3.05, 3.63) is 28.8 Å². The zero-order valence-electron chi connectivity index (χ0n) is 10.6. The molecule has 1 saturated heterocycles. The second-order valence-corrected chi connectivity index (χ2v) is 4.81. The minimum absolute atomic E-state index is 0.158. The second-order valence-electron chi connectivity index (χ2n) is 4.81. The Morgan fingerprint density at radius 1 is 1.12 bits per heavy atom. The number of nitrogen functional groups attached to an aromatic ring is 1. The molecule has 0 aromatic heterocycles. The minimum Gasteiger partial charge on any atom is -0.399 e. The second kappa shape index (κ2) is 4.78. The van der Waals surface area contributed by atoms with Gasteiger partial charge in [0.15, 0.2) is 0 Å². The van der Waals surface area contributed by atoms with Crippen LogP contribution in [0.4, 0.5) is 5.69 Å². The Morgan fingerprint density at radius 3 is 2.41 bits per heavy atom. The van der Waals surface area contributed by atoms with Gasteiger partial charge in [0.25, 0.3) is 5.91 Å². The topological polar surface area (TPSA) is 46.3 Å². The normalized spacial score (nSPS) is 16.0. The highest BCUT2D eigenvalue weighted by molar-refractivity contribution is 5.96. The van der Waals surface area contributed by atoms with Crippen LogP contribution in [-0.2, 0) is 0 Å². The van der Waals surface area contributed by atoms with E-state index in [1.54, 1.807) is 0 Å². The number of rotatable bonds is 1. The number of anilines is 1. The molecule has 0 saturated carbocycles. The highest BCUT2D eigenvalue weighted by Gasteiger charge is 2.20. The van der Waals surface area contributed by atoms with Crippen molar-refractivity contribution in [2.75, 3.05) is 18.8 Å². The van der Waals surface area contributed by atoms with E-state index in [-0.39, 0.29) is 5.91 Å². The molecule has 1 amide bonds. The van der Waals surface area contributed by atoms with Crippen molar-refractivity contribution in [2.45, 2.75) is 33.1 Å². The van der Waals surface area contributed by atoms with E-state index in [0.29, 0.717) is 0 Å². The minimum atomic E-state index is 0.158. The summed E-state index contributed by atoms with van der Waals surface area (Å²) in [5.41, 5.74) is 9.44. The average Bonchev–Trinajstić information content (AvgIpc) is 2.36. The number of hydrogen-bond donors (Lipinski definition) is 1. The Kier molecular flexibility index (Phi) is 3.36. The van der Waals surface area contributed by atoms with Crippen LogP contribution in [0.1, 0.15) is 40.7 Å². The van der Waals surface area contributed by atoms with Crippen molar-refractivity contribution in [3.63, 3.8) is 0 Å². The first-order valence-electron chi connectivity index (χ1n) is 6.26. The van der Waals surface area contributed by atoms with Crippen molar-refractivity contribution in [2.24, 2.45) is 0 Å². The van der Waals surface area contributed by atoms with E-state index < -0.39 is 0 Å². The average molecular weight is 232 g/mol. The predicted octanol–water partition coefficient (Wildman–Crippen LogP) is 2.51. The van der Waals surface area contributed by atoms with Crippen molar-refractivity contribution >= 4 is 11.6 Å². The summed E-state index contributed by atoms with van der Waals surface area (Å²) in [5, 5.41) is 0. The fraction of sp³-hybridized carbons (Fsp3) is 0.500. The van der Waals surface area contributed by atoms with Crippen LogP contribution < -0.4 is 5.73 Å². The Bertz CT molecular complexity index is 434. The molecule has 1 aliphatic rings. The molecule has 1 aromatic rings. The lowest BCUT2D eigenvalue weighted by Gasteiger charge is -2.27. The number of piperidine rings is 1. The quantitative estimate of drug-likeness (QED) is 0.756. The van der Waals surface area contributed by atoms with Crippen LogP contribution in [0.2, 0.25) is 0 Å². The molecule has 92 valence electrons. The number of nitrogens with zero attached hydrogens (tertiary/aromatic N) is 1. The van der Waals surface area contributed by atoms with Gasteiger partial charge in [0.05, 0.1) is 0 Å². The van der Waals surface area contributed by atoms with Crippen LogP contribution in [0.25, 0.3) is 0 Å². The van der Waals surface area contributed by atoms with Crippen molar-refractivity contribution in [3.8, 4) is 0 Å². The van der Waals surface area contributed by atoms with Gasteiger partial charge < -0.3 is 10.6 Å². The lowest BCUT2D eigenvalue weighted by Crippen LogP contribution is -2.36. The number of hydrogen-bond acceptors (Lipinski definition) is 2. The highest BCUT2D eigenvalue weighted by atomic mass is 16.2. The maximum atomic E-state index is 12.4. The highest BCUT2D eigenvalue weighted by Crippen LogP contribution is 2.22. The molecule has 2 rings (SSSR count). The van der Waals surface area contributed by atoms with Crippen LogP contribution in [0.5, 0.6) is 0 Å². The molecule has 0 atom stereocenters. The molecule has 0 spiro atoms. The van der Waals surface area contributed by atoms with Gasteiger partial charge in [-0.2, -0.15) is 0 Å². The van der Waals surface area contributed by atoms with Crippen molar-refractivity contribution in [1.82, 2.24) is 4.90 Å². The summed E-state index contributed by atoms with van der Waals surface area (Å²) in [6, 6.07) is 3.69. The van der Waals surface area contributed by atoms with E-state index in [2.05, 4.69) is 0 Å².